The van der Waals surface area contributed by atoms with Crippen molar-refractivity contribution in [3.05, 3.63) is 62.4 Å². The predicted molar refractivity (Wildman–Crippen MR) is 74.0 cm³/mol. The highest BCUT2D eigenvalue weighted by atomic mass is 16.2. The van der Waals surface area contributed by atoms with Crippen molar-refractivity contribution in [2.45, 2.75) is 13.8 Å². The van der Waals surface area contributed by atoms with Gasteiger partial charge in [0.25, 0.3) is 5.56 Å². The SMILES string of the molecule is Cc1c(C)n(-c2ccccc2)c2[nH]c(=O)[nH]c(=O)c12. The number of fused-ring (bicyclic) bond motifs is 1. The fraction of sp³-hybridized carbons (Fsp3) is 0.143. The highest BCUT2D eigenvalue weighted by Crippen LogP contribution is 2.23. The normalized spacial score (nSPS) is 11.1. The number of H-pyrrole nitrogens is 2. The van der Waals surface area contributed by atoms with Crippen LogP contribution in [0.5, 0.6) is 0 Å². The molecule has 0 saturated carbocycles. The molecule has 0 aliphatic rings. The number of nitrogens with one attached hydrogen (secondary N) is 2. The van der Waals surface area contributed by atoms with Gasteiger partial charge >= 0.3 is 5.69 Å². The minimum atomic E-state index is -0.493. The number of aromatic nitrogens is 3. The fourth-order valence-electron chi connectivity index (χ4n) is 2.41. The molecule has 0 unspecified atom stereocenters. The highest BCUT2D eigenvalue weighted by molar-refractivity contribution is 5.82. The van der Waals surface area contributed by atoms with Crippen LogP contribution < -0.4 is 11.2 Å². The Bertz CT molecular complexity index is 869. The molecule has 0 amide bonds. The van der Waals surface area contributed by atoms with Crippen LogP contribution in [0.1, 0.15) is 11.3 Å². The van der Waals surface area contributed by atoms with Crippen LogP contribution in [-0.4, -0.2) is 14.5 Å². The quantitative estimate of drug-likeness (QED) is 0.693. The van der Waals surface area contributed by atoms with Crippen molar-refractivity contribution < 1.29 is 0 Å². The summed E-state index contributed by atoms with van der Waals surface area (Å²) in [4.78, 5) is 28.4. The first-order chi connectivity index (χ1) is 9.09. The molecule has 0 fully saturated rings. The highest BCUT2D eigenvalue weighted by Gasteiger charge is 2.15. The summed E-state index contributed by atoms with van der Waals surface area (Å²) in [5, 5.41) is 0.529. The number of aryl methyl sites for hydroxylation is 1. The number of rotatable bonds is 1. The Morgan fingerprint density at radius 2 is 1.68 bits per heavy atom. The first-order valence-electron chi connectivity index (χ1n) is 5.99. The molecule has 3 rings (SSSR count). The summed E-state index contributed by atoms with van der Waals surface area (Å²) < 4.78 is 1.89. The molecule has 0 aliphatic heterocycles. The second-order valence-electron chi connectivity index (χ2n) is 4.51. The van der Waals surface area contributed by atoms with Crippen LogP contribution in [0, 0.1) is 13.8 Å². The standard InChI is InChI=1S/C14H13N3O2/c1-8-9(2)17(10-6-4-3-5-7-10)12-11(8)13(18)16-14(19)15-12/h3-7H,1-2H3,(H2,15,16,18,19). The van der Waals surface area contributed by atoms with Crippen LogP contribution in [0.2, 0.25) is 0 Å². The minimum Gasteiger partial charge on any atom is -0.300 e. The molecule has 2 heterocycles. The summed E-state index contributed by atoms with van der Waals surface area (Å²) in [6.07, 6.45) is 0. The van der Waals surface area contributed by atoms with Crippen molar-refractivity contribution in [2.75, 3.05) is 0 Å². The molecule has 5 heteroatoms. The van der Waals surface area contributed by atoms with E-state index in [-0.39, 0.29) is 5.56 Å². The molecule has 0 bridgehead atoms. The molecule has 3 aromatic rings. The topological polar surface area (TPSA) is 70.7 Å². The van der Waals surface area contributed by atoms with Crippen LogP contribution in [0.4, 0.5) is 0 Å². The zero-order valence-electron chi connectivity index (χ0n) is 10.7. The summed E-state index contributed by atoms with van der Waals surface area (Å²) in [5.74, 6) is 0. The minimum absolute atomic E-state index is 0.353. The van der Waals surface area contributed by atoms with E-state index in [1.165, 1.54) is 0 Å². The Balaban J connectivity index is 2.53. The third-order valence-corrected chi connectivity index (χ3v) is 3.41. The zero-order chi connectivity index (χ0) is 13.6. The molecular weight excluding hydrogens is 242 g/mol. The predicted octanol–water partition coefficient (Wildman–Crippen LogP) is 1.62. The van der Waals surface area contributed by atoms with E-state index >= 15 is 0 Å². The summed E-state index contributed by atoms with van der Waals surface area (Å²) in [7, 11) is 0. The lowest BCUT2D eigenvalue weighted by Gasteiger charge is -2.07. The van der Waals surface area contributed by atoms with E-state index in [4.69, 9.17) is 0 Å². The van der Waals surface area contributed by atoms with E-state index in [1.807, 2.05) is 48.7 Å². The molecule has 0 spiro atoms. The molecule has 0 saturated heterocycles. The molecule has 0 atom stereocenters. The maximum absolute atomic E-state index is 11.9. The van der Waals surface area contributed by atoms with Gasteiger partial charge in [-0.3, -0.25) is 19.3 Å². The third-order valence-electron chi connectivity index (χ3n) is 3.41. The number of para-hydroxylation sites is 1. The molecule has 0 radical (unpaired) electrons. The van der Waals surface area contributed by atoms with Gasteiger partial charge in [0.15, 0.2) is 0 Å². The summed E-state index contributed by atoms with van der Waals surface area (Å²) in [6, 6.07) is 9.63. The molecule has 96 valence electrons. The number of aromatic amines is 2. The Kier molecular flexibility index (Phi) is 2.41. The maximum atomic E-state index is 11.9. The largest absolute Gasteiger partial charge is 0.327 e. The van der Waals surface area contributed by atoms with Gasteiger partial charge in [-0.05, 0) is 31.5 Å². The van der Waals surface area contributed by atoms with E-state index in [1.54, 1.807) is 0 Å². The van der Waals surface area contributed by atoms with Gasteiger partial charge in [0, 0.05) is 11.4 Å². The first kappa shape index (κ1) is 11.5. The molecule has 5 nitrogen and oxygen atoms in total. The third kappa shape index (κ3) is 1.62. The van der Waals surface area contributed by atoms with E-state index in [2.05, 4.69) is 9.97 Å². The molecular formula is C14H13N3O2. The zero-order valence-corrected chi connectivity index (χ0v) is 10.7. The van der Waals surface area contributed by atoms with Crippen LogP contribution in [0.25, 0.3) is 16.7 Å². The van der Waals surface area contributed by atoms with Crippen molar-refractivity contribution in [1.82, 2.24) is 14.5 Å². The van der Waals surface area contributed by atoms with Crippen LogP contribution in [-0.2, 0) is 0 Å². The molecule has 2 N–H and O–H groups in total. The van der Waals surface area contributed by atoms with Crippen LogP contribution in [0.3, 0.4) is 0 Å². The lowest BCUT2D eigenvalue weighted by atomic mass is 10.2. The lowest BCUT2D eigenvalue weighted by molar-refractivity contribution is 0.992. The molecule has 2 aromatic heterocycles. The molecule has 1 aromatic carbocycles. The van der Waals surface area contributed by atoms with Crippen molar-refractivity contribution >= 4 is 11.0 Å². The van der Waals surface area contributed by atoms with Gasteiger partial charge in [0.05, 0.1) is 5.39 Å². The summed E-state index contributed by atoms with van der Waals surface area (Å²) >= 11 is 0. The van der Waals surface area contributed by atoms with Gasteiger partial charge in [-0.25, -0.2) is 4.79 Å². The van der Waals surface area contributed by atoms with E-state index < -0.39 is 5.69 Å². The van der Waals surface area contributed by atoms with Crippen molar-refractivity contribution in [3.63, 3.8) is 0 Å². The van der Waals surface area contributed by atoms with Gasteiger partial charge in [-0.1, -0.05) is 18.2 Å². The lowest BCUT2D eigenvalue weighted by Crippen LogP contribution is -2.22. The van der Waals surface area contributed by atoms with Crippen LogP contribution >= 0.6 is 0 Å². The van der Waals surface area contributed by atoms with Gasteiger partial charge < -0.3 is 0 Å². The Labute approximate surface area is 108 Å². The first-order valence-corrected chi connectivity index (χ1v) is 5.99. The fourth-order valence-corrected chi connectivity index (χ4v) is 2.41. The van der Waals surface area contributed by atoms with E-state index in [0.29, 0.717) is 11.0 Å². The van der Waals surface area contributed by atoms with Crippen molar-refractivity contribution in [3.8, 4) is 5.69 Å². The van der Waals surface area contributed by atoms with Gasteiger partial charge in [0.2, 0.25) is 0 Å². The van der Waals surface area contributed by atoms with Crippen molar-refractivity contribution in [1.29, 1.82) is 0 Å². The monoisotopic (exact) mass is 255 g/mol. The Morgan fingerprint density at radius 3 is 2.37 bits per heavy atom. The van der Waals surface area contributed by atoms with E-state index in [9.17, 15) is 9.59 Å². The summed E-state index contributed by atoms with van der Waals surface area (Å²) in [5.41, 5.74) is 2.42. The van der Waals surface area contributed by atoms with Crippen LogP contribution in [0.15, 0.2) is 39.9 Å². The van der Waals surface area contributed by atoms with Gasteiger partial charge in [0.1, 0.15) is 5.65 Å². The second kappa shape index (κ2) is 3.98. The number of benzene rings is 1. The smallest absolute Gasteiger partial charge is 0.300 e. The second-order valence-corrected chi connectivity index (χ2v) is 4.51. The molecule has 19 heavy (non-hydrogen) atoms. The van der Waals surface area contributed by atoms with Gasteiger partial charge in [-0.2, -0.15) is 0 Å². The number of hydrogen-bond donors (Lipinski definition) is 2. The Hall–Kier alpha value is -2.56. The van der Waals surface area contributed by atoms with Gasteiger partial charge in [-0.15, -0.1) is 0 Å². The molecule has 0 aliphatic carbocycles. The average molecular weight is 255 g/mol. The van der Waals surface area contributed by atoms with Crippen molar-refractivity contribution in [2.24, 2.45) is 0 Å². The number of nitrogens with zero attached hydrogens (tertiary/aromatic N) is 1. The average Bonchev–Trinajstić information content (AvgIpc) is 2.63. The summed E-state index contributed by atoms with van der Waals surface area (Å²) in [6.45, 7) is 3.81. The maximum Gasteiger partial charge on any atom is 0.327 e. The van der Waals surface area contributed by atoms with E-state index in [0.717, 1.165) is 16.9 Å². The Morgan fingerprint density at radius 1 is 1.00 bits per heavy atom. The number of hydrogen-bond acceptors (Lipinski definition) is 2.